The van der Waals surface area contributed by atoms with E-state index in [1.807, 2.05) is 35.7 Å². The molecule has 21 heavy (non-hydrogen) atoms. The zero-order valence-corrected chi connectivity index (χ0v) is 13.5. The molecule has 2 aromatic carbocycles. The van der Waals surface area contributed by atoms with Gasteiger partial charge in [-0.25, -0.2) is 0 Å². The van der Waals surface area contributed by atoms with E-state index < -0.39 is 0 Å². The molecule has 0 radical (unpaired) electrons. The summed E-state index contributed by atoms with van der Waals surface area (Å²) >= 11 is 3.78. The lowest BCUT2D eigenvalue weighted by Gasteiger charge is -2.25. The van der Waals surface area contributed by atoms with E-state index in [0.717, 1.165) is 19.3 Å². The third kappa shape index (κ3) is 4.06. The van der Waals surface area contributed by atoms with Crippen LogP contribution in [0.25, 0.3) is 0 Å². The first-order valence-corrected chi connectivity index (χ1v) is 9.20. The largest absolute Gasteiger partial charge is 0.393 e. The summed E-state index contributed by atoms with van der Waals surface area (Å²) in [6, 6.07) is 21.1. The van der Waals surface area contributed by atoms with Crippen LogP contribution in [0.15, 0.2) is 70.5 Å². The van der Waals surface area contributed by atoms with E-state index in [-0.39, 0.29) is 6.10 Å². The molecule has 110 valence electrons. The van der Waals surface area contributed by atoms with Crippen molar-refractivity contribution in [3.05, 3.63) is 60.7 Å². The number of aliphatic hydroxyl groups excluding tert-OH is 1. The minimum atomic E-state index is -0.151. The van der Waals surface area contributed by atoms with Gasteiger partial charge in [0.05, 0.1) is 10.7 Å². The Morgan fingerprint density at radius 2 is 1.33 bits per heavy atom. The van der Waals surface area contributed by atoms with Gasteiger partial charge >= 0.3 is 0 Å². The molecule has 1 nitrogen and oxygen atoms in total. The fourth-order valence-corrected chi connectivity index (χ4v) is 5.76. The molecule has 0 bridgehead atoms. The molecule has 1 saturated carbocycles. The van der Waals surface area contributed by atoms with Crippen LogP contribution in [0.5, 0.6) is 0 Å². The van der Waals surface area contributed by atoms with Crippen LogP contribution in [-0.2, 0) is 0 Å². The summed E-state index contributed by atoms with van der Waals surface area (Å²) in [7, 11) is 0. The van der Waals surface area contributed by atoms with Crippen molar-refractivity contribution in [3.8, 4) is 0 Å². The van der Waals surface area contributed by atoms with Crippen LogP contribution in [0.2, 0.25) is 0 Å². The van der Waals surface area contributed by atoms with Crippen molar-refractivity contribution in [2.75, 3.05) is 0 Å². The Bertz CT molecular complexity index is 502. The van der Waals surface area contributed by atoms with Gasteiger partial charge < -0.3 is 5.11 Å². The first-order chi connectivity index (χ1) is 10.3. The van der Waals surface area contributed by atoms with E-state index in [1.54, 1.807) is 0 Å². The van der Waals surface area contributed by atoms with Crippen molar-refractivity contribution in [2.24, 2.45) is 5.92 Å². The summed E-state index contributed by atoms with van der Waals surface area (Å²) in [5.41, 5.74) is 0. The molecule has 0 spiro atoms. The molecular formula is C18H20OS2. The van der Waals surface area contributed by atoms with Gasteiger partial charge in [0.2, 0.25) is 0 Å². The lowest BCUT2D eigenvalue weighted by molar-refractivity contribution is 0.140. The summed E-state index contributed by atoms with van der Waals surface area (Å²) in [6.45, 7) is 0. The standard InChI is InChI=1S/C18H20OS2/c19-17-13-7-12-16(17)18(20-14-8-3-1-4-9-14)21-15-10-5-2-6-11-15/h1-6,8-11,16-19H,7,12-13H2/t16-,17-/m1/s1. The molecule has 0 aliphatic heterocycles. The van der Waals surface area contributed by atoms with Gasteiger partial charge in [0.25, 0.3) is 0 Å². The molecule has 0 aromatic heterocycles. The molecule has 1 N–H and O–H groups in total. The maximum absolute atomic E-state index is 10.3. The Kier molecular flexibility index (Phi) is 5.28. The average molecular weight is 316 g/mol. The predicted molar refractivity (Wildman–Crippen MR) is 91.7 cm³/mol. The Morgan fingerprint density at radius 3 is 1.76 bits per heavy atom. The van der Waals surface area contributed by atoms with Crippen molar-refractivity contribution in [3.63, 3.8) is 0 Å². The highest BCUT2D eigenvalue weighted by Crippen LogP contribution is 2.45. The van der Waals surface area contributed by atoms with Crippen LogP contribution in [0.1, 0.15) is 19.3 Å². The average Bonchev–Trinajstić information content (AvgIpc) is 2.95. The van der Waals surface area contributed by atoms with Gasteiger partial charge in [0.1, 0.15) is 0 Å². The lowest BCUT2D eigenvalue weighted by Crippen LogP contribution is -2.22. The summed E-state index contributed by atoms with van der Waals surface area (Å²) < 4.78 is 0.368. The second-order valence-corrected chi connectivity index (χ2v) is 8.12. The second-order valence-electron chi connectivity index (χ2n) is 5.39. The van der Waals surface area contributed by atoms with Gasteiger partial charge in [-0.2, -0.15) is 0 Å². The summed E-state index contributed by atoms with van der Waals surface area (Å²) in [5, 5.41) is 10.3. The molecule has 1 fully saturated rings. The first-order valence-electron chi connectivity index (χ1n) is 7.44. The number of hydrogen-bond acceptors (Lipinski definition) is 3. The monoisotopic (exact) mass is 316 g/mol. The molecule has 2 aromatic rings. The van der Waals surface area contributed by atoms with Gasteiger partial charge in [0.15, 0.2) is 0 Å². The van der Waals surface area contributed by atoms with E-state index in [9.17, 15) is 5.11 Å². The van der Waals surface area contributed by atoms with Crippen LogP contribution >= 0.6 is 23.5 Å². The van der Waals surface area contributed by atoms with Crippen LogP contribution in [0, 0.1) is 5.92 Å². The number of benzene rings is 2. The van der Waals surface area contributed by atoms with Gasteiger partial charge in [-0.1, -0.05) is 42.8 Å². The molecule has 0 amide bonds. The normalized spacial score (nSPS) is 21.8. The van der Waals surface area contributed by atoms with Crippen molar-refractivity contribution in [1.82, 2.24) is 0 Å². The lowest BCUT2D eigenvalue weighted by atomic mass is 10.1. The fourth-order valence-electron chi connectivity index (χ4n) is 2.75. The highest BCUT2D eigenvalue weighted by atomic mass is 32.2. The highest BCUT2D eigenvalue weighted by molar-refractivity contribution is 8.17. The SMILES string of the molecule is O[C@@H]1CCC[C@H]1C(Sc1ccccc1)Sc1ccccc1. The molecule has 3 heteroatoms. The number of rotatable bonds is 5. The maximum Gasteiger partial charge on any atom is 0.0649 e. The number of hydrogen-bond donors (Lipinski definition) is 1. The second kappa shape index (κ2) is 7.39. The van der Waals surface area contributed by atoms with Crippen LogP contribution in [-0.4, -0.2) is 15.8 Å². The molecule has 2 atom stereocenters. The highest BCUT2D eigenvalue weighted by Gasteiger charge is 2.33. The van der Waals surface area contributed by atoms with E-state index in [0.29, 0.717) is 10.5 Å². The third-order valence-corrected chi connectivity index (χ3v) is 6.70. The molecular weight excluding hydrogens is 296 g/mol. The Morgan fingerprint density at radius 1 is 0.810 bits per heavy atom. The van der Waals surface area contributed by atoms with Crippen molar-refractivity contribution >= 4 is 23.5 Å². The Balaban J connectivity index is 1.77. The van der Waals surface area contributed by atoms with Gasteiger partial charge in [-0.3, -0.25) is 0 Å². The van der Waals surface area contributed by atoms with Gasteiger partial charge in [-0.15, -0.1) is 23.5 Å². The van der Waals surface area contributed by atoms with E-state index in [4.69, 9.17) is 0 Å². The molecule has 0 unspecified atom stereocenters. The summed E-state index contributed by atoms with van der Waals surface area (Å²) in [6.07, 6.45) is 3.08. The molecule has 1 aliphatic rings. The topological polar surface area (TPSA) is 20.2 Å². The van der Waals surface area contributed by atoms with Crippen molar-refractivity contribution in [1.29, 1.82) is 0 Å². The molecule has 0 heterocycles. The Hall–Kier alpha value is -0.900. The molecule has 1 aliphatic carbocycles. The van der Waals surface area contributed by atoms with Gasteiger partial charge in [0, 0.05) is 15.7 Å². The Labute approximate surface area is 135 Å². The van der Waals surface area contributed by atoms with E-state index >= 15 is 0 Å². The summed E-state index contributed by atoms with van der Waals surface area (Å²) in [5.74, 6) is 0.375. The maximum atomic E-state index is 10.3. The van der Waals surface area contributed by atoms with Crippen LogP contribution in [0.3, 0.4) is 0 Å². The third-order valence-electron chi connectivity index (χ3n) is 3.87. The zero-order chi connectivity index (χ0) is 14.5. The van der Waals surface area contributed by atoms with Crippen molar-refractivity contribution < 1.29 is 5.11 Å². The van der Waals surface area contributed by atoms with Gasteiger partial charge in [-0.05, 0) is 37.1 Å². The molecule has 3 rings (SSSR count). The van der Waals surface area contributed by atoms with Crippen molar-refractivity contribution in [2.45, 2.75) is 39.7 Å². The quantitative estimate of drug-likeness (QED) is 0.615. The first kappa shape index (κ1) is 15.0. The smallest absolute Gasteiger partial charge is 0.0649 e. The van der Waals surface area contributed by atoms with Crippen LogP contribution < -0.4 is 0 Å². The summed E-state index contributed by atoms with van der Waals surface area (Å²) in [4.78, 5) is 2.56. The number of thioether (sulfide) groups is 2. The van der Waals surface area contributed by atoms with E-state index in [1.165, 1.54) is 9.79 Å². The fraction of sp³-hybridized carbons (Fsp3) is 0.333. The zero-order valence-electron chi connectivity index (χ0n) is 11.9. The molecule has 0 saturated heterocycles. The minimum Gasteiger partial charge on any atom is -0.393 e. The van der Waals surface area contributed by atoms with Crippen LogP contribution in [0.4, 0.5) is 0 Å². The minimum absolute atomic E-state index is 0.151. The van der Waals surface area contributed by atoms with E-state index in [2.05, 4.69) is 48.5 Å². The number of aliphatic hydroxyl groups is 1. The predicted octanol–water partition coefficient (Wildman–Crippen LogP) is 5.06.